The largest absolute Gasteiger partial charge is 0.322 e. The summed E-state index contributed by atoms with van der Waals surface area (Å²) in [6, 6.07) is 10.7. The minimum absolute atomic E-state index is 0.113. The number of carbonyl (C=O) groups is 1. The maximum Gasteiger partial charge on any atom is 0.238 e. The molecule has 2 aromatic rings. The van der Waals surface area contributed by atoms with Crippen molar-refractivity contribution in [2.24, 2.45) is 0 Å². The van der Waals surface area contributed by atoms with E-state index in [1.54, 1.807) is 12.1 Å². The molecule has 2 aromatic carbocycles. The summed E-state index contributed by atoms with van der Waals surface area (Å²) < 4.78 is 26.7. The first-order chi connectivity index (χ1) is 11.5. The maximum absolute atomic E-state index is 13.8. The van der Waals surface area contributed by atoms with Gasteiger partial charge >= 0.3 is 0 Å². The van der Waals surface area contributed by atoms with Crippen LogP contribution in [0.5, 0.6) is 0 Å². The third-order valence-corrected chi connectivity index (χ3v) is 4.15. The first-order valence-electron chi connectivity index (χ1n) is 7.74. The van der Waals surface area contributed by atoms with Gasteiger partial charge in [0.2, 0.25) is 5.91 Å². The van der Waals surface area contributed by atoms with Crippen molar-refractivity contribution in [1.29, 1.82) is 0 Å². The fourth-order valence-corrected chi connectivity index (χ4v) is 2.70. The molecular formula is C18H17ClF2N2O. The zero-order chi connectivity index (χ0) is 17.1. The van der Waals surface area contributed by atoms with Gasteiger partial charge in [0.05, 0.1) is 12.2 Å². The van der Waals surface area contributed by atoms with Gasteiger partial charge in [-0.1, -0.05) is 23.7 Å². The van der Waals surface area contributed by atoms with Crippen molar-refractivity contribution < 1.29 is 13.6 Å². The Bertz CT molecular complexity index is 732. The summed E-state index contributed by atoms with van der Waals surface area (Å²) in [4.78, 5) is 14.2. The minimum atomic E-state index is -0.563. The van der Waals surface area contributed by atoms with Crippen molar-refractivity contribution in [3.8, 4) is 0 Å². The zero-order valence-corrected chi connectivity index (χ0v) is 13.7. The molecule has 0 aliphatic heterocycles. The molecule has 24 heavy (non-hydrogen) atoms. The van der Waals surface area contributed by atoms with Gasteiger partial charge in [-0.15, -0.1) is 0 Å². The lowest BCUT2D eigenvalue weighted by Crippen LogP contribution is -2.34. The number of nitrogens with one attached hydrogen (secondary N) is 1. The van der Waals surface area contributed by atoms with Gasteiger partial charge in [0.25, 0.3) is 0 Å². The molecule has 1 N–H and O–H groups in total. The van der Waals surface area contributed by atoms with E-state index in [1.807, 2.05) is 4.90 Å². The predicted octanol–water partition coefficient (Wildman–Crippen LogP) is 4.22. The number of benzene rings is 2. The van der Waals surface area contributed by atoms with Crippen LogP contribution in [0.25, 0.3) is 0 Å². The Hall–Kier alpha value is -1.98. The van der Waals surface area contributed by atoms with E-state index < -0.39 is 5.82 Å². The van der Waals surface area contributed by atoms with Gasteiger partial charge in [0, 0.05) is 17.6 Å². The number of nitrogens with zero attached hydrogens (tertiary/aromatic N) is 1. The molecule has 0 atom stereocenters. The molecule has 3 nitrogen and oxygen atoms in total. The average Bonchev–Trinajstić information content (AvgIpc) is 3.36. The van der Waals surface area contributed by atoms with E-state index in [0.29, 0.717) is 12.6 Å². The van der Waals surface area contributed by atoms with Gasteiger partial charge in [0.15, 0.2) is 0 Å². The monoisotopic (exact) mass is 350 g/mol. The van der Waals surface area contributed by atoms with Crippen molar-refractivity contribution in [2.45, 2.75) is 25.4 Å². The third-order valence-electron chi connectivity index (χ3n) is 3.91. The van der Waals surface area contributed by atoms with Crippen LogP contribution in [0.4, 0.5) is 14.5 Å². The molecule has 1 aliphatic rings. The number of rotatable bonds is 6. The summed E-state index contributed by atoms with van der Waals surface area (Å²) in [5.41, 5.74) is 1.05. The lowest BCUT2D eigenvalue weighted by molar-refractivity contribution is -0.117. The smallest absolute Gasteiger partial charge is 0.238 e. The lowest BCUT2D eigenvalue weighted by atomic mass is 10.2. The Kier molecular flexibility index (Phi) is 5.11. The number of carbonyl (C=O) groups excluding carboxylic acids is 1. The summed E-state index contributed by atoms with van der Waals surface area (Å²) in [6.07, 6.45) is 2.06. The van der Waals surface area contributed by atoms with E-state index in [1.165, 1.54) is 24.3 Å². The number of anilines is 1. The quantitative estimate of drug-likeness (QED) is 0.846. The predicted molar refractivity (Wildman–Crippen MR) is 89.9 cm³/mol. The molecule has 0 aromatic heterocycles. The number of hydrogen-bond donors (Lipinski definition) is 1. The highest BCUT2D eigenvalue weighted by Crippen LogP contribution is 2.28. The first kappa shape index (κ1) is 16.9. The summed E-state index contributed by atoms with van der Waals surface area (Å²) in [7, 11) is 0. The van der Waals surface area contributed by atoms with Crippen LogP contribution in [-0.4, -0.2) is 23.4 Å². The molecule has 0 saturated heterocycles. The second-order valence-electron chi connectivity index (χ2n) is 5.93. The van der Waals surface area contributed by atoms with Crippen LogP contribution in [0, 0.1) is 11.6 Å². The molecule has 0 heterocycles. The molecular weight excluding hydrogens is 334 g/mol. The second kappa shape index (κ2) is 7.28. The molecule has 1 aliphatic carbocycles. The van der Waals surface area contributed by atoms with E-state index >= 15 is 0 Å². The average molecular weight is 351 g/mol. The highest BCUT2D eigenvalue weighted by Gasteiger charge is 2.30. The lowest BCUT2D eigenvalue weighted by Gasteiger charge is -2.21. The highest BCUT2D eigenvalue weighted by molar-refractivity contribution is 6.30. The highest BCUT2D eigenvalue weighted by atomic mass is 35.5. The maximum atomic E-state index is 13.8. The fourth-order valence-electron chi connectivity index (χ4n) is 2.54. The van der Waals surface area contributed by atoms with E-state index in [-0.39, 0.29) is 29.0 Å². The van der Waals surface area contributed by atoms with Gasteiger partial charge in [0.1, 0.15) is 11.6 Å². The molecule has 1 saturated carbocycles. The Morgan fingerprint density at radius 3 is 2.50 bits per heavy atom. The molecule has 0 bridgehead atoms. The Balaban J connectivity index is 1.62. The van der Waals surface area contributed by atoms with Crippen LogP contribution in [0.15, 0.2) is 42.5 Å². The Morgan fingerprint density at radius 1 is 1.17 bits per heavy atom. The van der Waals surface area contributed by atoms with Crippen molar-refractivity contribution in [1.82, 2.24) is 4.90 Å². The van der Waals surface area contributed by atoms with Crippen molar-refractivity contribution in [3.05, 3.63) is 64.7 Å². The van der Waals surface area contributed by atoms with E-state index in [9.17, 15) is 13.6 Å². The zero-order valence-electron chi connectivity index (χ0n) is 12.9. The van der Waals surface area contributed by atoms with Gasteiger partial charge in [-0.3, -0.25) is 9.69 Å². The van der Waals surface area contributed by atoms with Gasteiger partial charge in [-0.25, -0.2) is 8.78 Å². The number of halogens is 3. The van der Waals surface area contributed by atoms with Crippen LogP contribution >= 0.6 is 11.6 Å². The first-order valence-corrected chi connectivity index (χ1v) is 8.12. The van der Waals surface area contributed by atoms with Gasteiger partial charge in [-0.05, 0) is 48.7 Å². The van der Waals surface area contributed by atoms with Crippen molar-refractivity contribution >= 4 is 23.2 Å². The SMILES string of the molecule is O=C(CN(Cc1ccc(F)cc1)C1CC1)Nc1ccc(Cl)cc1F. The minimum Gasteiger partial charge on any atom is -0.322 e. The topological polar surface area (TPSA) is 32.3 Å². The molecule has 1 fully saturated rings. The summed E-state index contributed by atoms with van der Waals surface area (Å²) in [6.45, 7) is 0.714. The van der Waals surface area contributed by atoms with Gasteiger partial charge < -0.3 is 5.32 Å². The summed E-state index contributed by atoms with van der Waals surface area (Å²) >= 11 is 5.70. The second-order valence-corrected chi connectivity index (χ2v) is 6.37. The summed E-state index contributed by atoms with van der Waals surface area (Å²) in [5, 5.41) is 2.85. The normalized spacial score (nSPS) is 14.0. The molecule has 6 heteroatoms. The third kappa shape index (κ3) is 4.52. The van der Waals surface area contributed by atoms with Crippen LogP contribution in [-0.2, 0) is 11.3 Å². The van der Waals surface area contributed by atoms with Crippen LogP contribution in [0.2, 0.25) is 5.02 Å². The van der Waals surface area contributed by atoms with Gasteiger partial charge in [-0.2, -0.15) is 0 Å². The van der Waals surface area contributed by atoms with E-state index in [4.69, 9.17) is 11.6 Å². The standard InChI is InChI=1S/C18H17ClF2N2O/c19-13-3-8-17(16(21)9-13)22-18(24)11-23(15-6-7-15)10-12-1-4-14(20)5-2-12/h1-5,8-9,15H,6-7,10-11H2,(H,22,24). The number of amides is 1. The Morgan fingerprint density at radius 2 is 1.88 bits per heavy atom. The summed E-state index contributed by atoms with van der Waals surface area (Å²) in [5.74, 6) is -1.13. The van der Waals surface area contributed by atoms with Crippen LogP contribution in [0.3, 0.4) is 0 Å². The number of hydrogen-bond acceptors (Lipinski definition) is 2. The fraction of sp³-hybridized carbons (Fsp3) is 0.278. The molecule has 0 unspecified atom stereocenters. The molecule has 126 valence electrons. The van der Waals surface area contributed by atoms with Crippen LogP contribution in [0.1, 0.15) is 18.4 Å². The molecule has 0 spiro atoms. The molecule has 0 radical (unpaired) electrons. The van der Waals surface area contributed by atoms with Crippen LogP contribution < -0.4 is 5.32 Å². The van der Waals surface area contributed by atoms with Crippen molar-refractivity contribution in [3.63, 3.8) is 0 Å². The molecule has 1 amide bonds. The van der Waals surface area contributed by atoms with E-state index in [2.05, 4.69) is 5.32 Å². The molecule has 3 rings (SSSR count). The van der Waals surface area contributed by atoms with Crippen molar-refractivity contribution in [2.75, 3.05) is 11.9 Å². The Labute approximate surface area is 144 Å². The van der Waals surface area contributed by atoms with E-state index in [0.717, 1.165) is 24.5 Å².